The van der Waals surface area contributed by atoms with Crippen LogP contribution < -0.4 is 10.7 Å². The van der Waals surface area contributed by atoms with Crippen LogP contribution in [0.25, 0.3) is 0 Å². The lowest BCUT2D eigenvalue weighted by molar-refractivity contribution is -0.393. The maximum absolute atomic E-state index is 11.9. The summed E-state index contributed by atoms with van der Waals surface area (Å²) >= 11 is 0. The van der Waals surface area contributed by atoms with Crippen LogP contribution in [0.3, 0.4) is 0 Å². The lowest BCUT2D eigenvalue weighted by atomic mass is 9.95. The molecule has 0 radical (unpaired) electrons. The Kier molecular flexibility index (Phi) is 8.64. The summed E-state index contributed by atoms with van der Waals surface area (Å²) in [6.45, 7) is 4.63. The molecule has 0 aromatic heterocycles. The molecule has 0 fully saturated rings. The number of nitrogens with zero attached hydrogens (tertiary/aromatic N) is 3. The Hall–Kier alpha value is -2.40. The third kappa shape index (κ3) is 7.31. The summed E-state index contributed by atoms with van der Waals surface area (Å²) in [5.41, 5.74) is 1.32. The first-order valence-electron chi connectivity index (χ1n) is 8.18. The fraction of sp³-hybridized carbons (Fsp3) is 0.533. The first-order chi connectivity index (χ1) is 13.0. The second-order valence-corrected chi connectivity index (χ2v) is 8.85. The van der Waals surface area contributed by atoms with E-state index in [1.165, 1.54) is 20.3 Å². The van der Waals surface area contributed by atoms with Gasteiger partial charge in [-0.05, 0) is 6.07 Å². The molecule has 1 rings (SSSR count). The molecule has 0 saturated carbocycles. The largest absolute Gasteiger partial charge is 0.331 e. The number of rotatable bonds is 12. The van der Waals surface area contributed by atoms with E-state index >= 15 is 0 Å². The van der Waals surface area contributed by atoms with Crippen molar-refractivity contribution in [3.05, 3.63) is 38.4 Å². The number of hydrogen-bond donors (Lipinski definition) is 2. The van der Waals surface area contributed by atoms with Gasteiger partial charge in [0.1, 0.15) is 5.69 Å². The van der Waals surface area contributed by atoms with Crippen LogP contribution in [-0.2, 0) is 13.6 Å². The van der Waals surface area contributed by atoms with Gasteiger partial charge in [-0.1, -0.05) is 13.8 Å². The van der Waals surface area contributed by atoms with E-state index in [-0.39, 0.29) is 17.5 Å². The van der Waals surface area contributed by atoms with Crippen molar-refractivity contribution in [1.29, 1.82) is 0 Å². The van der Waals surface area contributed by atoms with Gasteiger partial charge in [-0.2, -0.15) is 5.10 Å². The zero-order valence-corrected chi connectivity index (χ0v) is 17.0. The molecule has 0 unspecified atom stereocenters. The van der Waals surface area contributed by atoms with E-state index < -0.39 is 28.5 Å². The minimum Gasteiger partial charge on any atom is -0.315 e. The number of nitro benzene ring substituents is 2. The number of nitro groups is 2. The van der Waals surface area contributed by atoms with E-state index in [0.717, 1.165) is 12.1 Å². The van der Waals surface area contributed by atoms with E-state index in [4.69, 9.17) is 9.05 Å². The van der Waals surface area contributed by atoms with Crippen molar-refractivity contribution in [3.63, 3.8) is 0 Å². The van der Waals surface area contributed by atoms with Gasteiger partial charge in [0, 0.05) is 45.0 Å². The van der Waals surface area contributed by atoms with E-state index in [1.54, 1.807) is 6.21 Å². The molecule has 156 valence electrons. The molecule has 0 atom stereocenters. The molecule has 0 aliphatic heterocycles. The number of hydrazone groups is 1. The topological polar surface area (TPSA) is 158 Å². The van der Waals surface area contributed by atoms with Gasteiger partial charge in [0.25, 0.3) is 5.69 Å². The highest BCUT2D eigenvalue weighted by atomic mass is 31.2. The van der Waals surface area contributed by atoms with Gasteiger partial charge in [0.2, 0.25) is 0 Å². The summed E-state index contributed by atoms with van der Waals surface area (Å²) in [5, 5.41) is 29.0. The zero-order valence-electron chi connectivity index (χ0n) is 16.1. The van der Waals surface area contributed by atoms with Crippen molar-refractivity contribution < 1.29 is 23.5 Å². The Morgan fingerprint density at radius 2 is 1.86 bits per heavy atom. The third-order valence-electron chi connectivity index (χ3n) is 3.69. The molecule has 1 aromatic carbocycles. The molecule has 0 aliphatic rings. The number of non-ortho nitro benzene ring substituents is 1. The monoisotopic (exact) mass is 417 g/mol. The fourth-order valence-electron chi connectivity index (χ4n) is 2.09. The summed E-state index contributed by atoms with van der Waals surface area (Å²) in [6.07, 6.45) is 1.76. The smallest absolute Gasteiger partial charge is 0.315 e. The number of nitrogens with one attached hydrogen (secondary N) is 2. The first kappa shape index (κ1) is 23.6. The van der Waals surface area contributed by atoms with Gasteiger partial charge < -0.3 is 14.4 Å². The molecule has 0 spiro atoms. The third-order valence-corrected chi connectivity index (χ3v) is 5.57. The Morgan fingerprint density at radius 1 is 1.21 bits per heavy atom. The highest BCUT2D eigenvalue weighted by molar-refractivity contribution is 7.53. The van der Waals surface area contributed by atoms with Crippen LogP contribution in [0.15, 0.2) is 23.3 Å². The van der Waals surface area contributed by atoms with Gasteiger partial charge >= 0.3 is 13.3 Å². The molecule has 13 heteroatoms. The molecule has 28 heavy (non-hydrogen) atoms. The molecule has 0 amide bonds. The maximum atomic E-state index is 11.9. The van der Waals surface area contributed by atoms with Gasteiger partial charge in [0.05, 0.1) is 22.1 Å². The van der Waals surface area contributed by atoms with Gasteiger partial charge in [-0.15, -0.1) is 0 Å². The average molecular weight is 417 g/mol. The van der Waals surface area contributed by atoms with E-state index in [2.05, 4.69) is 15.8 Å². The van der Waals surface area contributed by atoms with Crippen LogP contribution in [0.5, 0.6) is 0 Å². The van der Waals surface area contributed by atoms with Crippen molar-refractivity contribution in [2.75, 3.05) is 38.9 Å². The molecule has 0 aliphatic carbocycles. The van der Waals surface area contributed by atoms with Crippen LogP contribution in [0, 0.1) is 25.6 Å². The molecule has 12 nitrogen and oxygen atoms in total. The molecule has 0 saturated heterocycles. The first-order valence-corrected chi connectivity index (χ1v) is 9.91. The average Bonchev–Trinajstić information content (AvgIpc) is 2.64. The Morgan fingerprint density at radius 3 is 2.39 bits per heavy atom. The summed E-state index contributed by atoms with van der Waals surface area (Å²) in [5.74, 6) is 0. The second kappa shape index (κ2) is 10.2. The van der Waals surface area contributed by atoms with Crippen LogP contribution in [0.1, 0.15) is 13.8 Å². The standard InChI is InChI=1S/C15H24N5O7P/c1-15(2,10-16-7-8-28(25,26-3)27-4)11-17-18-13-6-5-12(19(21)22)9-14(13)20(23)24/h5-6,9,11,16,18H,7-8,10H2,1-4H3. The summed E-state index contributed by atoms with van der Waals surface area (Å²) in [6, 6.07) is 3.25. The molecular weight excluding hydrogens is 393 g/mol. The van der Waals surface area contributed by atoms with E-state index in [1.807, 2.05) is 13.8 Å². The predicted octanol–water partition coefficient (Wildman–Crippen LogP) is 3.00. The number of hydrogen-bond acceptors (Lipinski definition) is 10. The predicted molar refractivity (Wildman–Crippen MR) is 105 cm³/mol. The highest BCUT2D eigenvalue weighted by Gasteiger charge is 2.22. The second-order valence-electron chi connectivity index (χ2n) is 6.45. The van der Waals surface area contributed by atoms with Gasteiger partial charge in [0.15, 0.2) is 0 Å². The fourth-order valence-corrected chi connectivity index (χ4v) is 3.03. The Labute approximate surface area is 162 Å². The number of benzene rings is 1. The Balaban J connectivity index is 2.67. The van der Waals surface area contributed by atoms with Crippen LogP contribution in [0.4, 0.5) is 17.1 Å². The lowest BCUT2D eigenvalue weighted by Crippen LogP contribution is -2.32. The quantitative estimate of drug-likeness (QED) is 0.171. The maximum Gasteiger partial charge on any atom is 0.331 e. The normalized spacial score (nSPS) is 12.3. The van der Waals surface area contributed by atoms with Crippen LogP contribution >= 0.6 is 7.60 Å². The lowest BCUT2D eigenvalue weighted by Gasteiger charge is -2.20. The molecule has 1 aromatic rings. The van der Waals surface area contributed by atoms with E-state index in [9.17, 15) is 24.8 Å². The minimum absolute atomic E-state index is 0.0386. The zero-order chi connectivity index (χ0) is 21.4. The van der Waals surface area contributed by atoms with Crippen LogP contribution in [0.2, 0.25) is 0 Å². The van der Waals surface area contributed by atoms with Gasteiger partial charge in [-0.25, -0.2) is 0 Å². The molecule has 0 bridgehead atoms. The summed E-state index contributed by atoms with van der Waals surface area (Å²) in [7, 11) is -0.424. The van der Waals surface area contributed by atoms with Crippen molar-refractivity contribution in [1.82, 2.24) is 5.32 Å². The van der Waals surface area contributed by atoms with Crippen molar-refractivity contribution >= 4 is 30.9 Å². The van der Waals surface area contributed by atoms with Gasteiger partial charge in [-0.3, -0.25) is 30.2 Å². The van der Waals surface area contributed by atoms with E-state index in [0.29, 0.717) is 13.1 Å². The number of anilines is 1. The molecule has 0 heterocycles. The minimum atomic E-state index is -3.07. The van der Waals surface area contributed by atoms with Crippen molar-refractivity contribution in [2.45, 2.75) is 13.8 Å². The molecular formula is C15H24N5O7P. The van der Waals surface area contributed by atoms with Crippen molar-refractivity contribution in [3.8, 4) is 0 Å². The SMILES string of the molecule is COP(=O)(CCNCC(C)(C)C=NNc1ccc([N+](=O)[O-])cc1[N+](=O)[O-])OC. The Bertz CT molecular complexity index is 776. The molecule has 2 N–H and O–H groups in total. The van der Waals surface area contributed by atoms with Crippen molar-refractivity contribution in [2.24, 2.45) is 10.5 Å². The summed E-state index contributed by atoms with van der Waals surface area (Å²) < 4.78 is 21.6. The highest BCUT2D eigenvalue weighted by Crippen LogP contribution is 2.45. The summed E-state index contributed by atoms with van der Waals surface area (Å²) in [4.78, 5) is 20.4. The van der Waals surface area contributed by atoms with Crippen LogP contribution in [-0.4, -0.2) is 49.5 Å².